The van der Waals surface area contributed by atoms with Crippen LogP contribution in [0.1, 0.15) is 85.5 Å². The van der Waals surface area contributed by atoms with Gasteiger partial charge < -0.3 is 15.3 Å². The predicted octanol–water partition coefficient (Wildman–Crippen LogP) is 4.71. The average molecular weight is 449 g/mol. The lowest BCUT2D eigenvalue weighted by Gasteiger charge is -2.45. The zero-order valence-corrected chi connectivity index (χ0v) is 20.4. The van der Waals surface area contributed by atoms with E-state index in [0.29, 0.717) is 48.5 Å². The van der Waals surface area contributed by atoms with Gasteiger partial charge in [-0.1, -0.05) is 33.3 Å². The minimum absolute atomic E-state index is 0.198. The van der Waals surface area contributed by atoms with Gasteiger partial charge in [-0.05, 0) is 97.7 Å². The fraction of sp³-hybridized carbons (Fsp3) is 0.852. The average Bonchev–Trinajstić information content (AvgIpc) is 3.10. The standard InChI is InChI=1S/C27H44O5/c1-16(2)24(29)10-7-17(3)22-8-9-23-18(6-5-11-27(22,23)4)12-26-20-13-19(28)14-25(30)21(20)15-31-32-26/h12,16-17,19,22-26,28-30H,5-11,13-15H2,1-4H3/t17-,19-,22-,23+,24?,25+,26?,27-/m1/s1. The largest absolute Gasteiger partial charge is 0.393 e. The lowest BCUT2D eigenvalue weighted by Crippen LogP contribution is -2.38. The summed E-state index contributed by atoms with van der Waals surface area (Å²) in [6.07, 6.45) is 9.60. The van der Waals surface area contributed by atoms with Crippen LogP contribution in [0, 0.1) is 29.1 Å². The smallest absolute Gasteiger partial charge is 0.133 e. The molecule has 3 aliphatic carbocycles. The first-order chi connectivity index (χ1) is 15.2. The first kappa shape index (κ1) is 24.4. The van der Waals surface area contributed by atoms with Crippen LogP contribution >= 0.6 is 0 Å². The van der Waals surface area contributed by atoms with Gasteiger partial charge in [0.25, 0.3) is 0 Å². The van der Waals surface area contributed by atoms with Crippen LogP contribution in [0.25, 0.3) is 0 Å². The van der Waals surface area contributed by atoms with Gasteiger partial charge in [0.2, 0.25) is 0 Å². The Hall–Kier alpha value is -0.720. The lowest BCUT2D eigenvalue weighted by atomic mass is 9.60. The molecule has 0 radical (unpaired) electrons. The third-order valence-corrected chi connectivity index (χ3v) is 9.27. The van der Waals surface area contributed by atoms with E-state index in [1.165, 1.54) is 31.3 Å². The topological polar surface area (TPSA) is 79.2 Å². The summed E-state index contributed by atoms with van der Waals surface area (Å²) in [6.45, 7) is 9.38. The molecule has 0 bridgehead atoms. The van der Waals surface area contributed by atoms with Crippen LogP contribution in [0.5, 0.6) is 0 Å². The number of hydrogen-bond acceptors (Lipinski definition) is 5. The van der Waals surface area contributed by atoms with Crippen LogP contribution in [-0.4, -0.2) is 46.3 Å². The van der Waals surface area contributed by atoms with Crippen molar-refractivity contribution in [3.8, 4) is 0 Å². The van der Waals surface area contributed by atoms with Gasteiger partial charge in [0.1, 0.15) is 12.7 Å². The zero-order chi connectivity index (χ0) is 23.0. The summed E-state index contributed by atoms with van der Waals surface area (Å²) in [5.74, 6) is 2.19. The van der Waals surface area contributed by atoms with Crippen molar-refractivity contribution in [3.63, 3.8) is 0 Å². The predicted molar refractivity (Wildman–Crippen MR) is 125 cm³/mol. The molecule has 5 nitrogen and oxygen atoms in total. The maximum Gasteiger partial charge on any atom is 0.133 e. The molecule has 182 valence electrons. The third-order valence-electron chi connectivity index (χ3n) is 9.27. The SMILES string of the molecule is CC(C)C(O)CC[C@@H](C)[C@H]1CC[C@H]2C(=CC3OOCC4=C3C[C@@H](O)C[C@@H]4O)CCC[C@]12C. The molecule has 0 aromatic carbocycles. The van der Waals surface area contributed by atoms with E-state index in [2.05, 4.69) is 33.8 Å². The van der Waals surface area contributed by atoms with Crippen LogP contribution in [0.3, 0.4) is 0 Å². The van der Waals surface area contributed by atoms with Gasteiger partial charge in [-0.2, -0.15) is 0 Å². The van der Waals surface area contributed by atoms with E-state index in [4.69, 9.17) is 9.78 Å². The Morgan fingerprint density at radius 1 is 1.12 bits per heavy atom. The minimum Gasteiger partial charge on any atom is -0.393 e. The molecule has 5 heteroatoms. The van der Waals surface area contributed by atoms with Crippen molar-refractivity contribution < 1.29 is 25.1 Å². The Labute approximate surface area is 193 Å². The summed E-state index contributed by atoms with van der Waals surface area (Å²) in [4.78, 5) is 11.1. The van der Waals surface area contributed by atoms with Gasteiger partial charge >= 0.3 is 0 Å². The van der Waals surface area contributed by atoms with E-state index in [1.807, 2.05) is 0 Å². The highest BCUT2D eigenvalue weighted by molar-refractivity contribution is 5.33. The van der Waals surface area contributed by atoms with Crippen molar-refractivity contribution in [2.75, 3.05) is 6.61 Å². The summed E-state index contributed by atoms with van der Waals surface area (Å²) in [7, 11) is 0. The van der Waals surface area contributed by atoms with Crippen molar-refractivity contribution in [1.29, 1.82) is 0 Å². The fourth-order valence-electron chi connectivity index (χ4n) is 7.30. The second-order valence-electron chi connectivity index (χ2n) is 11.6. The highest BCUT2D eigenvalue weighted by Gasteiger charge is 2.51. The second-order valence-corrected chi connectivity index (χ2v) is 11.6. The van der Waals surface area contributed by atoms with E-state index in [-0.39, 0.29) is 12.2 Å². The Balaban J connectivity index is 1.50. The molecule has 32 heavy (non-hydrogen) atoms. The summed E-state index contributed by atoms with van der Waals surface area (Å²) >= 11 is 0. The molecule has 1 aliphatic heterocycles. The van der Waals surface area contributed by atoms with Crippen molar-refractivity contribution in [2.24, 2.45) is 29.1 Å². The number of hydrogen-bond donors (Lipinski definition) is 3. The monoisotopic (exact) mass is 448 g/mol. The summed E-state index contributed by atoms with van der Waals surface area (Å²) < 4.78 is 0. The van der Waals surface area contributed by atoms with Gasteiger partial charge in [0.05, 0.1) is 18.3 Å². The van der Waals surface area contributed by atoms with Crippen molar-refractivity contribution in [3.05, 3.63) is 22.8 Å². The minimum atomic E-state index is -0.631. The summed E-state index contributed by atoms with van der Waals surface area (Å²) in [5.41, 5.74) is 3.70. The molecule has 2 unspecified atom stereocenters. The van der Waals surface area contributed by atoms with Gasteiger partial charge in [-0.3, -0.25) is 0 Å². The van der Waals surface area contributed by atoms with Gasteiger partial charge in [0, 0.05) is 6.42 Å². The van der Waals surface area contributed by atoms with Crippen LogP contribution in [-0.2, 0) is 9.78 Å². The number of aliphatic hydroxyl groups is 3. The van der Waals surface area contributed by atoms with Crippen molar-refractivity contribution in [1.82, 2.24) is 0 Å². The normalized spacial score (nSPS) is 41.0. The van der Waals surface area contributed by atoms with Crippen LogP contribution < -0.4 is 0 Å². The Bertz CT molecular complexity index is 728. The number of fused-ring (bicyclic) bond motifs is 1. The molecule has 3 N–H and O–H groups in total. The Morgan fingerprint density at radius 3 is 2.66 bits per heavy atom. The van der Waals surface area contributed by atoms with Crippen LogP contribution in [0.4, 0.5) is 0 Å². The van der Waals surface area contributed by atoms with Gasteiger partial charge in [-0.25, -0.2) is 9.78 Å². The quantitative estimate of drug-likeness (QED) is 0.405. The summed E-state index contributed by atoms with van der Waals surface area (Å²) in [6, 6.07) is 0. The molecule has 0 aromatic rings. The van der Waals surface area contributed by atoms with Crippen LogP contribution in [0.2, 0.25) is 0 Å². The molecule has 1 heterocycles. The molecule has 2 fully saturated rings. The molecular weight excluding hydrogens is 404 g/mol. The molecule has 4 aliphatic rings. The highest BCUT2D eigenvalue weighted by atomic mass is 17.2. The van der Waals surface area contributed by atoms with Crippen molar-refractivity contribution in [2.45, 2.75) is 110 Å². The second kappa shape index (κ2) is 9.87. The number of allylic oxidation sites excluding steroid dienone is 1. The van der Waals surface area contributed by atoms with E-state index < -0.39 is 12.2 Å². The first-order valence-corrected chi connectivity index (χ1v) is 13.0. The number of aliphatic hydroxyl groups excluding tert-OH is 3. The molecule has 4 rings (SSSR count). The Morgan fingerprint density at radius 2 is 1.91 bits per heavy atom. The molecule has 0 amide bonds. The Kier molecular flexibility index (Phi) is 7.53. The van der Waals surface area contributed by atoms with Gasteiger partial charge in [-0.15, -0.1) is 0 Å². The maximum absolute atomic E-state index is 10.4. The maximum atomic E-state index is 10.4. The van der Waals surface area contributed by atoms with E-state index in [0.717, 1.165) is 30.4 Å². The molecule has 8 atom stereocenters. The highest BCUT2D eigenvalue weighted by Crippen LogP contribution is 2.60. The molecule has 0 saturated heterocycles. The molecule has 2 saturated carbocycles. The fourth-order valence-corrected chi connectivity index (χ4v) is 7.30. The van der Waals surface area contributed by atoms with E-state index in [1.54, 1.807) is 0 Å². The van der Waals surface area contributed by atoms with Crippen LogP contribution in [0.15, 0.2) is 22.8 Å². The van der Waals surface area contributed by atoms with E-state index in [9.17, 15) is 15.3 Å². The van der Waals surface area contributed by atoms with E-state index >= 15 is 0 Å². The van der Waals surface area contributed by atoms with Gasteiger partial charge in [0.15, 0.2) is 0 Å². The molecule has 0 spiro atoms. The zero-order valence-electron chi connectivity index (χ0n) is 20.4. The van der Waals surface area contributed by atoms with Crippen molar-refractivity contribution >= 4 is 0 Å². The molecule has 0 aromatic heterocycles. The number of rotatable bonds is 6. The summed E-state index contributed by atoms with van der Waals surface area (Å²) in [5, 5.41) is 30.9. The third kappa shape index (κ3) is 4.74. The lowest BCUT2D eigenvalue weighted by molar-refractivity contribution is -0.312. The molecular formula is C27H44O5. The first-order valence-electron chi connectivity index (χ1n) is 13.0.